The highest BCUT2D eigenvalue weighted by molar-refractivity contribution is 5.90. The van der Waals surface area contributed by atoms with Crippen molar-refractivity contribution in [2.24, 2.45) is 5.11 Å². The van der Waals surface area contributed by atoms with Crippen molar-refractivity contribution in [3.63, 3.8) is 0 Å². The number of benzene rings is 1. The molecule has 0 N–H and O–H groups in total. The van der Waals surface area contributed by atoms with Gasteiger partial charge in [-0.05, 0) is 5.53 Å². The van der Waals surface area contributed by atoms with Gasteiger partial charge >= 0.3 is 0 Å². The summed E-state index contributed by atoms with van der Waals surface area (Å²) in [6, 6.07) is 8.23. The molecule has 0 amide bonds. The monoisotopic (exact) mass is 305 g/mol. The minimum Gasteiger partial charge on any atom is -0.355 e. The number of hydrogen-bond acceptors (Lipinski definition) is 6. The standard InChI is InChI=1S/C14H15N3O5/c1-19-14-10(16-17-15)11(18)12-9(21-14)7-20-13(22-12)8-5-3-2-4-6-8/h2-6,9-10,12-14H,7H2,1H3/t9?,10?,12-,13?,14?/m1/s1. The second-order valence-corrected chi connectivity index (χ2v) is 4.96. The molecule has 0 spiro atoms. The predicted octanol–water partition coefficient (Wildman–Crippen LogP) is 1.72. The predicted molar refractivity (Wildman–Crippen MR) is 73.6 cm³/mol. The number of fused-ring (bicyclic) bond motifs is 1. The van der Waals surface area contributed by atoms with E-state index in [4.69, 9.17) is 24.5 Å². The highest BCUT2D eigenvalue weighted by atomic mass is 16.7. The lowest BCUT2D eigenvalue weighted by molar-refractivity contribution is -0.301. The van der Waals surface area contributed by atoms with E-state index >= 15 is 0 Å². The Morgan fingerprint density at radius 2 is 2.09 bits per heavy atom. The smallest absolute Gasteiger partial charge is 0.184 e. The van der Waals surface area contributed by atoms with E-state index in [1.165, 1.54) is 7.11 Å². The molecule has 0 radical (unpaired) electrons. The number of ether oxygens (including phenoxy) is 4. The number of carbonyl (C=O) groups is 1. The number of rotatable bonds is 3. The molecule has 2 aliphatic heterocycles. The lowest BCUT2D eigenvalue weighted by Crippen LogP contribution is -2.59. The number of hydrogen-bond donors (Lipinski definition) is 0. The van der Waals surface area contributed by atoms with Gasteiger partial charge in [0.15, 0.2) is 18.4 Å². The van der Waals surface area contributed by atoms with E-state index < -0.39 is 30.8 Å². The Bertz CT molecular complexity index is 589. The number of Topliss-reactive ketones (excluding diaryl/α,β-unsaturated/α-hetero) is 1. The molecular formula is C14H15N3O5. The van der Waals surface area contributed by atoms with Crippen molar-refractivity contribution in [1.29, 1.82) is 0 Å². The van der Waals surface area contributed by atoms with Gasteiger partial charge in [0.1, 0.15) is 18.2 Å². The number of nitrogens with zero attached hydrogens (tertiary/aromatic N) is 3. The summed E-state index contributed by atoms with van der Waals surface area (Å²) >= 11 is 0. The molecule has 8 heteroatoms. The molecule has 2 heterocycles. The van der Waals surface area contributed by atoms with Crippen LogP contribution in [0.5, 0.6) is 0 Å². The maximum atomic E-state index is 12.5. The maximum absolute atomic E-state index is 12.5. The Labute approximate surface area is 126 Å². The number of ketones is 1. The third-order valence-corrected chi connectivity index (χ3v) is 3.64. The van der Waals surface area contributed by atoms with Crippen molar-refractivity contribution in [2.75, 3.05) is 13.7 Å². The lowest BCUT2D eigenvalue weighted by atomic mass is 9.98. The summed E-state index contributed by atoms with van der Waals surface area (Å²) in [5.74, 6) is -0.356. The molecule has 2 aliphatic rings. The highest BCUT2D eigenvalue weighted by Crippen LogP contribution is 2.33. The van der Waals surface area contributed by atoms with Crippen molar-refractivity contribution in [2.45, 2.75) is 30.8 Å². The van der Waals surface area contributed by atoms with E-state index in [0.717, 1.165) is 5.56 Å². The van der Waals surface area contributed by atoms with Crippen LogP contribution >= 0.6 is 0 Å². The summed E-state index contributed by atoms with van der Waals surface area (Å²) in [6.07, 6.45) is -3.01. The zero-order valence-electron chi connectivity index (χ0n) is 11.9. The Hall–Kier alpha value is -1.96. The van der Waals surface area contributed by atoms with Crippen LogP contribution in [0.1, 0.15) is 11.9 Å². The van der Waals surface area contributed by atoms with Gasteiger partial charge in [0.05, 0.1) is 6.61 Å². The van der Waals surface area contributed by atoms with Crippen LogP contribution in [0.4, 0.5) is 0 Å². The number of methoxy groups -OCH3 is 1. The van der Waals surface area contributed by atoms with E-state index in [1.54, 1.807) is 0 Å². The summed E-state index contributed by atoms with van der Waals surface area (Å²) in [4.78, 5) is 15.2. The second-order valence-electron chi connectivity index (χ2n) is 4.96. The van der Waals surface area contributed by atoms with E-state index in [9.17, 15) is 4.79 Å². The Morgan fingerprint density at radius 1 is 1.32 bits per heavy atom. The van der Waals surface area contributed by atoms with Crippen molar-refractivity contribution in [3.05, 3.63) is 46.3 Å². The third-order valence-electron chi connectivity index (χ3n) is 3.64. The molecule has 3 rings (SSSR count). The van der Waals surface area contributed by atoms with Crippen LogP contribution in [0.3, 0.4) is 0 Å². The van der Waals surface area contributed by atoms with Crippen molar-refractivity contribution in [1.82, 2.24) is 0 Å². The van der Waals surface area contributed by atoms with Gasteiger partial charge in [-0.15, -0.1) is 0 Å². The number of carbonyl (C=O) groups excluding carboxylic acids is 1. The van der Waals surface area contributed by atoms with Crippen LogP contribution in [0.15, 0.2) is 35.4 Å². The van der Waals surface area contributed by atoms with E-state index in [0.29, 0.717) is 0 Å². The summed E-state index contributed by atoms with van der Waals surface area (Å²) in [5, 5.41) is 3.47. The normalized spacial score (nSPS) is 34.6. The Morgan fingerprint density at radius 3 is 2.77 bits per heavy atom. The Kier molecular flexibility index (Phi) is 4.37. The topological polar surface area (TPSA) is 103 Å². The van der Waals surface area contributed by atoms with E-state index in [2.05, 4.69) is 10.0 Å². The minimum atomic E-state index is -1.06. The van der Waals surface area contributed by atoms with Crippen molar-refractivity contribution >= 4 is 5.78 Å². The minimum absolute atomic E-state index is 0.193. The quantitative estimate of drug-likeness (QED) is 0.480. The zero-order valence-corrected chi connectivity index (χ0v) is 11.9. The highest BCUT2D eigenvalue weighted by Gasteiger charge is 2.49. The summed E-state index contributed by atoms with van der Waals surface area (Å²) < 4.78 is 22.0. The molecule has 1 aromatic carbocycles. The van der Waals surface area contributed by atoms with Gasteiger partial charge in [-0.2, -0.15) is 0 Å². The first kappa shape index (κ1) is 15.0. The van der Waals surface area contributed by atoms with Gasteiger partial charge < -0.3 is 18.9 Å². The molecule has 2 fully saturated rings. The molecule has 22 heavy (non-hydrogen) atoms. The Balaban J connectivity index is 1.80. The summed E-state index contributed by atoms with van der Waals surface area (Å²) in [7, 11) is 1.38. The molecule has 0 bridgehead atoms. The SMILES string of the molecule is COC1OC2COC(c3ccccc3)O[C@H]2C(=O)C1N=[N+]=[N-]. The third kappa shape index (κ3) is 2.70. The van der Waals surface area contributed by atoms with Gasteiger partial charge in [0.25, 0.3) is 0 Å². The first-order valence-corrected chi connectivity index (χ1v) is 6.83. The molecule has 4 unspecified atom stereocenters. The van der Waals surface area contributed by atoms with Gasteiger partial charge in [-0.25, -0.2) is 0 Å². The van der Waals surface area contributed by atoms with Crippen LogP contribution in [-0.4, -0.2) is 44.0 Å². The maximum Gasteiger partial charge on any atom is 0.184 e. The molecule has 8 nitrogen and oxygen atoms in total. The molecule has 116 valence electrons. The average molecular weight is 305 g/mol. The van der Waals surface area contributed by atoms with Gasteiger partial charge in [-0.3, -0.25) is 4.79 Å². The number of azide groups is 1. The second kappa shape index (κ2) is 6.43. The lowest BCUT2D eigenvalue weighted by Gasteiger charge is -2.42. The summed E-state index contributed by atoms with van der Waals surface area (Å²) in [6.45, 7) is 0.193. The molecule has 1 aromatic rings. The zero-order chi connectivity index (χ0) is 15.5. The van der Waals surface area contributed by atoms with E-state index in [1.807, 2.05) is 30.3 Å². The largest absolute Gasteiger partial charge is 0.355 e. The van der Waals surface area contributed by atoms with Crippen LogP contribution < -0.4 is 0 Å². The molecule has 0 aromatic heterocycles. The van der Waals surface area contributed by atoms with Crippen LogP contribution in [0.2, 0.25) is 0 Å². The van der Waals surface area contributed by atoms with E-state index in [-0.39, 0.29) is 12.4 Å². The fourth-order valence-electron chi connectivity index (χ4n) is 2.58. The van der Waals surface area contributed by atoms with Gasteiger partial charge in [-0.1, -0.05) is 35.4 Å². The van der Waals surface area contributed by atoms with Crippen molar-refractivity contribution in [3.8, 4) is 0 Å². The van der Waals surface area contributed by atoms with Crippen molar-refractivity contribution < 1.29 is 23.7 Å². The molecule has 0 saturated carbocycles. The fraction of sp³-hybridized carbons (Fsp3) is 0.500. The van der Waals surface area contributed by atoms with Crippen LogP contribution in [0, 0.1) is 0 Å². The first-order chi connectivity index (χ1) is 10.7. The van der Waals surface area contributed by atoms with Gasteiger partial charge in [0, 0.05) is 17.6 Å². The molecule has 5 atom stereocenters. The molecular weight excluding hydrogens is 290 g/mol. The van der Waals surface area contributed by atoms with Crippen LogP contribution in [-0.2, 0) is 23.7 Å². The van der Waals surface area contributed by atoms with Gasteiger partial charge in [0.2, 0.25) is 0 Å². The first-order valence-electron chi connectivity index (χ1n) is 6.83. The molecule has 2 saturated heterocycles. The fourth-order valence-corrected chi connectivity index (χ4v) is 2.58. The average Bonchev–Trinajstić information content (AvgIpc) is 2.58. The van der Waals surface area contributed by atoms with Crippen LogP contribution in [0.25, 0.3) is 10.4 Å². The summed E-state index contributed by atoms with van der Waals surface area (Å²) in [5.41, 5.74) is 9.41. The molecule has 0 aliphatic carbocycles.